The zero-order valence-electron chi connectivity index (χ0n) is 14.1. The molecule has 26 heavy (non-hydrogen) atoms. The average Bonchev–Trinajstić information content (AvgIpc) is 2.68. The van der Waals surface area contributed by atoms with Crippen LogP contribution < -0.4 is 11.1 Å². The van der Waals surface area contributed by atoms with Crippen LogP contribution in [0.25, 0.3) is 0 Å². The Kier molecular flexibility index (Phi) is 5.39. The topological polar surface area (TPSA) is 85.1 Å². The van der Waals surface area contributed by atoms with Gasteiger partial charge in [-0.1, -0.05) is 48.5 Å². The van der Waals surface area contributed by atoms with Gasteiger partial charge in [-0.15, -0.1) is 0 Å². The SMILES string of the molecule is NC(=O)c1ccccc1NC(=O)C(Cc1cccnc1)c1ccccc1. The van der Waals surface area contributed by atoms with Crippen molar-refractivity contribution in [2.45, 2.75) is 12.3 Å². The van der Waals surface area contributed by atoms with Gasteiger partial charge in [0.2, 0.25) is 5.91 Å². The summed E-state index contributed by atoms with van der Waals surface area (Å²) >= 11 is 0. The molecule has 0 saturated heterocycles. The third-order valence-corrected chi connectivity index (χ3v) is 4.13. The van der Waals surface area contributed by atoms with E-state index in [0.717, 1.165) is 11.1 Å². The Morgan fingerprint density at radius 3 is 2.38 bits per heavy atom. The molecule has 1 unspecified atom stereocenters. The summed E-state index contributed by atoms with van der Waals surface area (Å²) in [5, 5.41) is 2.85. The van der Waals surface area contributed by atoms with E-state index in [-0.39, 0.29) is 11.5 Å². The van der Waals surface area contributed by atoms with Gasteiger partial charge in [0.05, 0.1) is 17.2 Å². The van der Waals surface area contributed by atoms with Gasteiger partial charge in [-0.05, 0) is 35.7 Å². The number of benzene rings is 2. The quantitative estimate of drug-likeness (QED) is 0.720. The molecule has 1 aromatic heterocycles. The first-order valence-corrected chi connectivity index (χ1v) is 8.28. The molecule has 0 aliphatic carbocycles. The summed E-state index contributed by atoms with van der Waals surface area (Å²) in [6, 6.07) is 20.0. The van der Waals surface area contributed by atoms with Gasteiger partial charge in [0.1, 0.15) is 0 Å². The number of hydrogen-bond acceptors (Lipinski definition) is 3. The van der Waals surface area contributed by atoms with Crippen LogP contribution in [0, 0.1) is 0 Å². The van der Waals surface area contributed by atoms with E-state index in [1.54, 1.807) is 36.7 Å². The van der Waals surface area contributed by atoms with Crippen LogP contribution in [0.1, 0.15) is 27.4 Å². The molecule has 0 fully saturated rings. The average molecular weight is 345 g/mol. The standard InChI is InChI=1S/C21H19N3O2/c22-20(25)17-10-4-5-11-19(17)24-21(26)18(16-8-2-1-3-9-16)13-15-7-6-12-23-14-15/h1-12,14,18H,13H2,(H2,22,25)(H,24,26). The number of carbonyl (C=O) groups is 2. The van der Waals surface area contributed by atoms with Gasteiger partial charge in [-0.2, -0.15) is 0 Å². The van der Waals surface area contributed by atoms with Crippen LogP contribution in [-0.2, 0) is 11.2 Å². The molecule has 1 heterocycles. The Labute approximate surface area is 151 Å². The maximum atomic E-state index is 13.0. The molecule has 0 spiro atoms. The van der Waals surface area contributed by atoms with Crippen molar-refractivity contribution in [3.63, 3.8) is 0 Å². The molecule has 2 amide bonds. The molecule has 0 saturated carbocycles. The van der Waals surface area contributed by atoms with E-state index in [1.165, 1.54) is 0 Å². The van der Waals surface area contributed by atoms with Crippen molar-refractivity contribution in [1.82, 2.24) is 4.98 Å². The molecule has 1 atom stereocenters. The number of nitrogens with zero attached hydrogens (tertiary/aromatic N) is 1. The first-order chi connectivity index (χ1) is 12.6. The minimum absolute atomic E-state index is 0.200. The Balaban J connectivity index is 1.89. The third-order valence-electron chi connectivity index (χ3n) is 4.13. The predicted octanol–water partition coefficient (Wildman–Crippen LogP) is 3.15. The third kappa shape index (κ3) is 4.13. The van der Waals surface area contributed by atoms with Crippen molar-refractivity contribution < 1.29 is 9.59 Å². The molecule has 3 aromatic rings. The van der Waals surface area contributed by atoms with Gasteiger partial charge in [-0.3, -0.25) is 14.6 Å². The number of rotatable bonds is 6. The molecular formula is C21H19N3O2. The molecule has 3 rings (SSSR count). The number of para-hydroxylation sites is 1. The van der Waals surface area contributed by atoms with E-state index in [9.17, 15) is 9.59 Å². The highest BCUT2D eigenvalue weighted by atomic mass is 16.2. The van der Waals surface area contributed by atoms with Crippen molar-refractivity contribution in [3.05, 3.63) is 95.8 Å². The molecule has 0 aliphatic heterocycles. The van der Waals surface area contributed by atoms with Gasteiger partial charge < -0.3 is 11.1 Å². The van der Waals surface area contributed by atoms with Crippen LogP contribution in [0.4, 0.5) is 5.69 Å². The summed E-state index contributed by atoms with van der Waals surface area (Å²) < 4.78 is 0. The van der Waals surface area contributed by atoms with E-state index in [2.05, 4.69) is 10.3 Å². The summed E-state index contributed by atoms with van der Waals surface area (Å²) in [6.07, 6.45) is 3.95. The highest BCUT2D eigenvalue weighted by Crippen LogP contribution is 2.24. The Bertz CT molecular complexity index is 895. The summed E-state index contributed by atoms with van der Waals surface area (Å²) in [5.74, 6) is -1.19. The predicted molar refractivity (Wildman–Crippen MR) is 101 cm³/mol. The lowest BCUT2D eigenvalue weighted by atomic mass is 9.91. The van der Waals surface area contributed by atoms with Crippen LogP contribution in [0.5, 0.6) is 0 Å². The lowest BCUT2D eigenvalue weighted by Crippen LogP contribution is -2.25. The number of nitrogens with two attached hydrogens (primary N) is 1. The second-order valence-corrected chi connectivity index (χ2v) is 5.93. The Hall–Kier alpha value is -3.47. The van der Waals surface area contributed by atoms with Gasteiger partial charge in [0, 0.05) is 12.4 Å². The van der Waals surface area contributed by atoms with Crippen LogP contribution in [0.2, 0.25) is 0 Å². The fraction of sp³-hybridized carbons (Fsp3) is 0.0952. The zero-order valence-corrected chi connectivity index (χ0v) is 14.1. The Morgan fingerprint density at radius 2 is 1.69 bits per heavy atom. The first-order valence-electron chi connectivity index (χ1n) is 8.28. The fourth-order valence-electron chi connectivity index (χ4n) is 2.83. The van der Waals surface area contributed by atoms with E-state index >= 15 is 0 Å². The number of aromatic nitrogens is 1. The van der Waals surface area contributed by atoms with Gasteiger partial charge in [-0.25, -0.2) is 0 Å². The van der Waals surface area contributed by atoms with Crippen LogP contribution in [0.15, 0.2) is 79.1 Å². The summed E-state index contributed by atoms with van der Waals surface area (Å²) in [5.41, 5.74) is 7.95. The second-order valence-electron chi connectivity index (χ2n) is 5.93. The van der Waals surface area contributed by atoms with E-state index in [1.807, 2.05) is 42.5 Å². The normalized spacial score (nSPS) is 11.5. The summed E-state index contributed by atoms with van der Waals surface area (Å²) in [7, 11) is 0. The van der Waals surface area contributed by atoms with Crippen molar-refractivity contribution in [2.24, 2.45) is 5.73 Å². The van der Waals surface area contributed by atoms with Gasteiger partial charge in [0.25, 0.3) is 5.91 Å². The smallest absolute Gasteiger partial charge is 0.250 e. The van der Waals surface area contributed by atoms with Crippen molar-refractivity contribution in [1.29, 1.82) is 0 Å². The highest BCUT2D eigenvalue weighted by molar-refractivity contribution is 6.04. The minimum Gasteiger partial charge on any atom is -0.366 e. The van der Waals surface area contributed by atoms with Crippen molar-refractivity contribution in [3.8, 4) is 0 Å². The number of pyridine rings is 1. The lowest BCUT2D eigenvalue weighted by Gasteiger charge is -2.18. The molecule has 0 aliphatic rings. The van der Waals surface area contributed by atoms with Gasteiger partial charge >= 0.3 is 0 Å². The number of carbonyl (C=O) groups excluding carboxylic acids is 2. The van der Waals surface area contributed by atoms with Crippen LogP contribution >= 0.6 is 0 Å². The van der Waals surface area contributed by atoms with Crippen LogP contribution in [0.3, 0.4) is 0 Å². The van der Waals surface area contributed by atoms with E-state index in [0.29, 0.717) is 12.1 Å². The maximum Gasteiger partial charge on any atom is 0.250 e. The molecule has 130 valence electrons. The molecule has 2 aromatic carbocycles. The number of anilines is 1. The lowest BCUT2D eigenvalue weighted by molar-refractivity contribution is -0.117. The number of nitrogens with one attached hydrogen (secondary N) is 1. The van der Waals surface area contributed by atoms with Gasteiger partial charge in [0.15, 0.2) is 0 Å². The van der Waals surface area contributed by atoms with Crippen molar-refractivity contribution >= 4 is 17.5 Å². The molecule has 0 bridgehead atoms. The zero-order chi connectivity index (χ0) is 18.4. The highest BCUT2D eigenvalue weighted by Gasteiger charge is 2.22. The fourth-order valence-corrected chi connectivity index (χ4v) is 2.83. The largest absolute Gasteiger partial charge is 0.366 e. The molecule has 3 N–H and O–H groups in total. The second kappa shape index (κ2) is 8.07. The molecule has 0 radical (unpaired) electrons. The summed E-state index contributed by atoms with van der Waals surface area (Å²) in [4.78, 5) is 28.7. The van der Waals surface area contributed by atoms with Crippen molar-refractivity contribution in [2.75, 3.05) is 5.32 Å². The minimum atomic E-state index is -0.579. The number of hydrogen-bond donors (Lipinski definition) is 2. The monoisotopic (exact) mass is 345 g/mol. The van der Waals surface area contributed by atoms with E-state index < -0.39 is 11.8 Å². The number of amides is 2. The molecule has 5 heteroatoms. The number of primary amides is 1. The van der Waals surface area contributed by atoms with Crippen LogP contribution in [-0.4, -0.2) is 16.8 Å². The molecule has 5 nitrogen and oxygen atoms in total. The first kappa shape index (κ1) is 17.4. The van der Waals surface area contributed by atoms with E-state index in [4.69, 9.17) is 5.73 Å². The Morgan fingerprint density at radius 1 is 0.962 bits per heavy atom. The maximum absolute atomic E-state index is 13.0. The molecular weight excluding hydrogens is 326 g/mol. The summed E-state index contributed by atoms with van der Waals surface area (Å²) in [6.45, 7) is 0.